The summed E-state index contributed by atoms with van der Waals surface area (Å²) >= 11 is 0. The van der Waals surface area contributed by atoms with E-state index in [2.05, 4.69) is 0 Å². The molecule has 0 unspecified atom stereocenters. The van der Waals surface area contributed by atoms with Gasteiger partial charge in [-0.2, -0.15) is 13.2 Å². The predicted molar refractivity (Wildman–Crippen MR) is 110 cm³/mol. The number of imide groups is 1. The topological polar surface area (TPSA) is 66.9 Å². The zero-order valence-corrected chi connectivity index (χ0v) is 17.9. The van der Waals surface area contributed by atoms with Crippen molar-refractivity contribution in [3.8, 4) is 5.75 Å². The Labute approximate surface area is 183 Å². The van der Waals surface area contributed by atoms with Crippen molar-refractivity contribution < 1.29 is 32.3 Å². The number of halogens is 3. The van der Waals surface area contributed by atoms with Crippen LogP contribution in [0.25, 0.3) is 0 Å². The molecule has 0 bridgehead atoms. The van der Waals surface area contributed by atoms with Gasteiger partial charge in [-0.05, 0) is 17.7 Å². The van der Waals surface area contributed by atoms with Crippen molar-refractivity contribution in [1.82, 2.24) is 9.80 Å². The highest BCUT2D eigenvalue weighted by atomic mass is 19.4. The molecule has 6 nitrogen and oxygen atoms in total. The molecule has 1 aliphatic rings. The number of methoxy groups -OCH3 is 1. The summed E-state index contributed by atoms with van der Waals surface area (Å²) < 4.78 is 45.3. The molecule has 1 fully saturated rings. The molecule has 3 rings (SSSR count). The lowest BCUT2D eigenvalue weighted by Crippen LogP contribution is -2.42. The number of rotatable bonds is 6. The monoisotopic (exact) mass is 448 g/mol. The molecular formula is C23H23F3N2O4. The van der Waals surface area contributed by atoms with Gasteiger partial charge in [-0.1, -0.05) is 36.4 Å². The van der Waals surface area contributed by atoms with Crippen molar-refractivity contribution in [2.75, 3.05) is 21.2 Å². The first-order chi connectivity index (χ1) is 15.0. The number of carbonyl (C=O) groups is 3. The van der Waals surface area contributed by atoms with Gasteiger partial charge < -0.3 is 9.64 Å². The number of likely N-dealkylation sites (N-methyl/N-ethyl adjacent to an activating group) is 1. The van der Waals surface area contributed by atoms with Gasteiger partial charge in [0.25, 0.3) is 0 Å². The molecule has 0 aliphatic carbocycles. The van der Waals surface area contributed by atoms with Crippen LogP contribution in [-0.4, -0.2) is 48.7 Å². The Kier molecular flexibility index (Phi) is 6.29. The van der Waals surface area contributed by atoms with Crippen LogP contribution in [0.15, 0.2) is 48.5 Å². The number of likely N-dealkylation sites (tertiary alicyclic amines) is 1. The summed E-state index contributed by atoms with van der Waals surface area (Å²) in [4.78, 5) is 40.8. The van der Waals surface area contributed by atoms with Crippen LogP contribution >= 0.6 is 0 Å². The standard InChI is InChI=1S/C23H23F3N2O4/c1-27(14-15-8-4-5-9-16(15)23(24,25)26)19(29)12-22(13-20(30)28(2)21(22)31)17-10-6-7-11-18(17)32-3/h4-11H,12-14H2,1-3H3/t22-/m0/s1. The molecule has 0 N–H and O–H groups in total. The zero-order chi connectivity index (χ0) is 23.7. The fourth-order valence-electron chi connectivity index (χ4n) is 4.04. The molecule has 0 spiro atoms. The molecule has 2 aromatic carbocycles. The maximum absolute atomic E-state index is 13.3. The fraction of sp³-hybridized carbons (Fsp3) is 0.348. The number of amides is 3. The number of carbonyl (C=O) groups excluding carboxylic acids is 3. The highest BCUT2D eigenvalue weighted by Crippen LogP contribution is 2.43. The quantitative estimate of drug-likeness (QED) is 0.636. The molecule has 3 amide bonds. The maximum Gasteiger partial charge on any atom is 0.416 e. The van der Waals surface area contributed by atoms with Crippen LogP contribution in [0, 0.1) is 0 Å². The SMILES string of the molecule is COc1ccccc1[C@]1(CC(=O)N(C)Cc2ccccc2C(F)(F)F)CC(=O)N(C)C1=O. The first kappa shape index (κ1) is 23.3. The number of nitrogens with zero attached hydrogens (tertiary/aromatic N) is 2. The second-order valence-electron chi connectivity index (χ2n) is 7.80. The van der Waals surface area contributed by atoms with Gasteiger partial charge >= 0.3 is 6.18 Å². The largest absolute Gasteiger partial charge is 0.496 e. The summed E-state index contributed by atoms with van der Waals surface area (Å²) in [5.41, 5.74) is -1.99. The summed E-state index contributed by atoms with van der Waals surface area (Å²) in [5, 5.41) is 0. The second kappa shape index (κ2) is 8.64. The predicted octanol–water partition coefficient (Wildman–Crippen LogP) is 3.39. The van der Waals surface area contributed by atoms with Crippen molar-refractivity contribution in [3.05, 3.63) is 65.2 Å². The van der Waals surface area contributed by atoms with E-state index in [0.29, 0.717) is 11.3 Å². The molecule has 0 radical (unpaired) electrons. The molecule has 32 heavy (non-hydrogen) atoms. The molecule has 2 aromatic rings. The Morgan fingerprint density at radius 3 is 2.34 bits per heavy atom. The Morgan fingerprint density at radius 1 is 1.12 bits per heavy atom. The second-order valence-corrected chi connectivity index (χ2v) is 7.80. The molecular weight excluding hydrogens is 425 g/mol. The number of hydrogen-bond donors (Lipinski definition) is 0. The van der Waals surface area contributed by atoms with E-state index in [1.54, 1.807) is 24.3 Å². The van der Waals surface area contributed by atoms with E-state index in [9.17, 15) is 27.6 Å². The number of alkyl halides is 3. The number of para-hydroxylation sites is 1. The lowest BCUT2D eigenvalue weighted by atomic mass is 9.75. The first-order valence-electron chi connectivity index (χ1n) is 9.85. The third-order valence-corrected chi connectivity index (χ3v) is 5.77. The number of ether oxygens (including phenoxy) is 1. The van der Waals surface area contributed by atoms with E-state index in [-0.39, 0.29) is 24.9 Å². The Balaban J connectivity index is 1.94. The van der Waals surface area contributed by atoms with E-state index in [1.807, 2.05) is 0 Å². The van der Waals surface area contributed by atoms with Crippen molar-refractivity contribution in [1.29, 1.82) is 0 Å². The fourth-order valence-corrected chi connectivity index (χ4v) is 4.04. The van der Waals surface area contributed by atoms with Crippen molar-refractivity contribution in [3.63, 3.8) is 0 Å². The Hall–Kier alpha value is -3.36. The van der Waals surface area contributed by atoms with Gasteiger partial charge in [-0.25, -0.2) is 0 Å². The minimum absolute atomic E-state index is 0.0619. The molecule has 1 atom stereocenters. The van der Waals surface area contributed by atoms with Gasteiger partial charge in [0.1, 0.15) is 5.75 Å². The Bertz CT molecular complexity index is 1050. The molecule has 9 heteroatoms. The summed E-state index contributed by atoms with van der Waals surface area (Å²) in [6.45, 7) is -0.297. The van der Waals surface area contributed by atoms with Crippen molar-refractivity contribution in [2.24, 2.45) is 0 Å². The summed E-state index contributed by atoms with van der Waals surface area (Å²) in [5.74, 6) is -1.21. The van der Waals surface area contributed by atoms with Crippen molar-refractivity contribution in [2.45, 2.75) is 31.0 Å². The normalized spacial score (nSPS) is 18.8. The average molecular weight is 448 g/mol. The van der Waals surface area contributed by atoms with Gasteiger partial charge in [0, 0.05) is 39.0 Å². The van der Waals surface area contributed by atoms with Crippen LogP contribution in [0.2, 0.25) is 0 Å². The summed E-state index contributed by atoms with van der Waals surface area (Å²) in [6.07, 6.45) is -5.18. The lowest BCUT2D eigenvalue weighted by Gasteiger charge is -2.30. The summed E-state index contributed by atoms with van der Waals surface area (Å²) in [6, 6.07) is 11.6. The van der Waals surface area contributed by atoms with E-state index in [1.165, 1.54) is 39.4 Å². The minimum atomic E-state index is -4.56. The van der Waals surface area contributed by atoms with Gasteiger partial charge in [0.15, 0.2) is 0 Å². The van der Waals surface area contributed by atoms with Gasteiger partial charge in [-0.15, -0.1) is 0 Å². The number of hydrogen-bond acceptors (Lipinski definition) is 4. The molecule has 0 aromatic heterocycles. The summed E-state index contributed by atoms with van der Waals surface area (Å²) in [7, 11) is 4.13. The smallest absolute Gasteiger partial charge is 0.416 e. The number of benzene rings is 2. The van der Waals surface area contributed by atoms with Crippen molar-refractivity contribution >= 4 is 17.7 Å². The van der Waals surface area contributed by atoms with Gasteiger partial charge in [-0.3, -0.25) is 19.3 Å². The van der Waals surface area contributed by atoms with Crippen LogP contribution in [0.1, 0.15) is 29.5 Å². The van der Waals surface area contributed by atoms with Gasteiger partial charge in [0.2, 0.25) is 17.7 Å². The first-order valence-corrected chi connectivity index (χ1v) is 9.85. The van der Waals surface area contributed by atoms with E-state index in [4.69, 9.17) is 4.74 Å². The van der Waals surface area contributed by atoms with Crippen LogP contribution in [0.3, 0.4) is 0 Å². The third kappa shape index (κ3) is 4.19. The zero-order valence-electron chi connectivity index (χ0n) is 17.9. The van der Waals surface area contributed by atoms with E-state index < -0.39 is 34.9 Å². The highest BCUT2D eigenvalue weighted by Gasteiger charge is 2.54. The third-order valence-electron chi connectivity index (χ3n) is 5.77. The minimum Gasteiger partial charge on any atom is -0.496 e. The molecule has 1 heterocycles. The van der Waals surface area contributed by atoms with E-state index >= 15 is 0 Å². The van der Waals surface area contributed by atoms with Gasteiger partial charge in [0.05, 0.1) is 18.1 Å². The van der Waals surface area contributed by atoms with Crippen LogP contribution < -0.4 is 4.74 Å². The Morgan fingerprint density at radius 2 is 1.75 bits per heavy atom. The average Bonchev–Trinajstić information content (AvgIpc) is 2.97. The van der Waals surface area contributed by atoms with Crippen LogP contribution in [-0.2, 0) is 32.5 Å². The maximum atomic E-state index is 13.3. The van der Waals surface area contributed by atoms with E-state index in [0.717, 1.165) is 15.9 Å². The lowest BCUT2D eigenvalue weighted by molar-refractivity contribution is -0.141. The molecule has 170 valence electrons. The molecule has 0 saturated carbocycles. The highest BCUT2D eigenvalue weighted by molar-refractivity contribution is 6.10. The van der Waals surface area contributed by atoms with Crippen LogP contribution in [0.4, 0.5) is 13.2 Å². The molecule has 1 aliphatic heterocycles. The molecule has 1 saturated heterocycles. The van der Waals surface area contributed by atoms with Crippen LogP contribution in [0.5, 0.6) is 5.75 Å².